The van der Waals surface area contributed by atoms with Crippen LogP contribution in [0, 0.1) is 0 Å². The average molecular weight is 449 g/mol. The number of methoxy groups -OCH3 is 1. The minimum Gasteiger partial charge on any atom is -0.496 e. The Labute approximate surface area is 198 Å². The molecule has 0 spiro atoms. The van der Waals surface area contributed by atoms with E-state index in [4.69, 9.17) is 9.72 Å². The van der Waals surface area contributed by atoms with Gasteiger partial charge in [0.05, 0.1) is 12.8 Å². The van der Waals surface area contributed by atoms with Gasteiger partial charge in [-0.25, -0.2) is 4.98 Å². The Morgan fingerprint density at radius 3 is 1.67 bits per heavy atom. The predicted octanol–water partition coefficient (Wildman–Crippen LogP) is 7.22. The van der Waals surface area contributed by atoms with Gasteiger partial charge in [0.2, 0.25) is 0 Å². The Balaban J connectivity index is 1.67. The van der Waals surface area contributed by atoms with Crippen LogP contribution in [0.2, 0.25) is 0 Å². The Morgan fingerprint density at radius 2 is 1.15 bits per heavy atom. The number of hydrogen-bond donors (Lipinski definition) is 1. The van der Waals surface area contributed by atoms with E-state index < -0.39 is 5.54 Å². The van der Waals surface area contributed by atoms with E-state index in [2.05, 4.69) is 83.5 Å². The van der Waals surface area contributed by atoms with E-state index in [1.807, 2.05) is 42.5 Å². The molecule has 0 aliphatic carbocycles. The van der Waals surface area contributed by atoms with E-state index in [0.717, 1.165) is 38.8 Å². The van der Waals surface area contributed by atoms with Crippen LogP contribution in [0.3, 0.4) is 0 Å². The fraction of sp³-hybridized carbons (Fsp3) is 0.0690. The summed E-state index contributed by atoms with van der Waals surface area (Å²) in [5.41, 5.74) is 4.72. The molecular formula is C29H24N2OS. The lowest BCUT2D eigenvalue weighted by atomic mass is 9.77. The summed E-state index contributed by atoms with van der Waals surface area (Å²) in [5, 5.41) is 6.75. The second kappa shape index (κ2) is 9.31. The van der Waals surface area contributed by atoms with E-state index in [0.29, 0.717) is 0 Å². The number of para-hydroxylation sites is 1. The molecule has 4 aromatic carbocycles. The molecule has 0 aliphatic rings. The molecule has 0 fully saturated rings. The molecule has 0 radical (unpaired) electrons. The van der Waals surface area contributed by atoms with Gasteiger partial charge in [0.25, 0.3) is 0 Å². The van der Waals surface area contributed by atoms with E-state index in [1.165, 1.54) is 0 Å². The lowest BCUT2D eigenvalue weighted by Crippen LogP contribution is -2.38. The highest BCUT2D eigenvalue weighted by Crippen LogP contribution is 2.41. The van der Waals surface area contributed by atoms with E-state index in [1.54, 1.807) is 18.4 Å². The van der Waals surface area contributed by atoms with Crippen LogP contribution >= 0.6 is 11.3 Å². The van der Waals surface area contributed by atoms with Gasteiger partial charge >= 0.3 is 0 Å². The normalized spacial score (nSPS) is 11.2. The quantitative estimate of drug-likeness (QED) is 0.267. The Bertz CT molecular complexity index is 1220. The number of rotatable bonds is 7. The summed E-state index contributed by atoms with van der Waals surface area (Å²) >= 11 is 1.60. The number of benzene rings is 4. The average Bonchev–Trinajstić information content (AvgIpc) is 3.37. The van der Waals surface area contributed by atoms with Crippen molar-refractivity contribution in [1.82, 2.24) is 4.98 Å². The third-order valence-electron chi connectivity index (χ3n) is 5.80. The van der Waals surface area contributed by atoms with Crippen LogP contribution in [0.1, 0.15) is 16.7 Å². The maximum Gasteiger partial charge on any atom is 0.184 e. The Hall–Kier alpha value is -3.89. The number of hydrogen-bond acceptors (Lipinski definition) is 4. The van der Waals surface area contributed by atoms with Crippen LogP contribution in [0.4, 0.5) is 5.13 Å². The molecule has 0 bridgehead atoms. The van der Waals surface area contributed by atoms with Crippen molar-refractivity contribution in [3.8, 4) is 17.0 Å². The van der Waals surface area contributed by atoms with Crippen molar-refractivity contribution in [3.63, 3.8) is 0 Å². The summed E-state index contributed by atoms with van der Waals surface area (Å²) in [6, 6.07) is 39.6. The first-order valence-electron chi connectivity index (χ1n) is 10.8. The molecule has 162 valence electrons. The molecule has 0 amide bonds. The van der Waals surface area contributed by atoms with Crippen molar-refractivity contribution in [2.75, 3.05) is 12.4 Å². The van der Waals surface area contributed by atoms with E-state index >= 15 is 0 Å². The van der Waals surface area contributed by atoms with Crippen molar-refractivity contribution in [2.45, 2.75) is 5.54 Å². The smallest absolute Gasteiger partial charge is 0.184 e. The van der Waals surface area contributed by atoms with E-state index in [9.17, 15) is 0 Å². The molecule has 0 aliphatic heterocycles. The van der Waals surface area contributed by atoms with E-state index in [-0.39, 0.29) is 0 Å². The first-order valence-corrected chi connectivity index (χ1v) is 11.7. The predicted molar refractivity (Wildman–Crippen MR) is 137 cm³/mol. The number of nitrogens with one attached hydrogen (secondary N) is 1. The molecule has 3 nitrogen and oxygen atoms in total. The monoisotopic (exact) mass is 448 g/mol. The summed E-state index contributed by atoms with van der Waals surface area (Å²) in [6.45, 7) is 0. The molecule has 1 aromatic heterocycles. The second-order valence-electron chi connectivity index (χ2n) is 7.71. The minimum absolute atomic E-state index is 0.598. The molecule has 0 atom stereocenters. The van der Waals surface area contributed by atoms with Gasteiger partial charge in [0, 0.05) is 10.9 Å². The summed E-state index contributed by atoms with van der Waals surface area (Å²) in [7, 11) is 1.69. The van der Waals surface area contributed by atoms with Gasteiger partial charge in [-0.15, -0.1) is 11.3 Å². The van der Waals surface area contributed by atoms with Gasteiger partial charge in [-0.05, 0) is 28.8 Å². The molecule has 0 saturated carbocycles. The Kier molecular flexibility index (Phi) is 5.92. The van der Waals surface area contributed by atoms with Crippen LogP contribution < -0.4 is 10.1 Å². The van der Waals surface area contributed by atoms with Crippen LogP contribution in [0.15, 0.2) is 121 Å². The van der Waals surface area contributed by atoms with Crippen LogP contribution in [-0.2, 0) is 5.54 Å². The number of ether oxygens (including phenoxy) is 1. The summed E-state index contributed by atoms with van der Waals surface area (Å²) in [4.78, 5) is 4.98. The van der Waals surface area contributed by atoms with Crippen molar-refractivity contribution in [2.24, 2.45) is 0 Å². The lowest BCUT2D eigenvalue weighted by Gasteiger charge is -2.36. The summed E-state index contributed by atoms with van der Waals surface area (Å²) in [5.74, 6) is 0.815. The van der Waals surface area contributed by atoms with Gasteiger partial charge in [-0.1, -0.05) is 103 Å². The zero-order valence-electron chi connectivity index (χ0n) is 18.3. The largest absolute Gasteiger partial charge is 0.496 e. The van der Waals surface area contributed by atoms with Gasteiger partial charge < -0.3 is 10.1 Å². The first-order chi connectivity index (χ1) is 16.3. The topological polar surface area (TPSA) is 34.1 Å². The van der Waals surface area contributed by atoms with Gasteiger partial charge in [0.15, 0.2) is 5.13 Å². The third-order valence-corrected chi connectivity index (χ3v) is 6.56. The highest BCUT2D eigenvalue weighted by molar-refractivity contribution is 7.14. The Morgan fingerprint density at radius 1 is 0.667 bits per heavy atom. The minimum atomic E-state index is -0.598. The fourth-order valence-corrected chi connectivity index (χ4v) is 5.02. The molecule has 0 saturated heterocycles. The van der Waals surface area contributed by atoms with Crippen LogP contribution in [0.5, 0.6) is 5.75 Å². The zero-order valence-corrected chi connectivity index (χ0v) is 19.1. The fourth-order valence-electron chi connectivity index (χ4n) is 4.25. The summed E-state index contributed by atoms with van der Waals surface area (Å²) < 4.78 is 5.56. The SMILES string of the molecule is COc1ccccc1-c1csc(NC(c2ccccc2)(c2ccccc2)c2ccccc2)n1. The van der Waals surface area contributed by atoms with Crippen LogP contribution in [0.25, 0.3) is 11.3 Å². The highest BCUT2D eigenvalue weighted by atomic mass is 32.1. The molecule has 33 heavy (non-hydrogen) atoms. The van der Waals surface area contributed by atoms with Crippen molar-refractivity contribution in [3.05, 3.63) is 137 Å². The molecular weight excluding hydrogens is 424 g/mol. The number of nitrogens with zero attached hydrogens (tertiary/aromatic N) is 1. The molecule has 5 aromatic rings. The maximum atomic E-state index is 5.56. The second-order valence-corrected chi connectivity index (χ2v) is 8.57. The number of anilines is 1. The zero-order chi connectivity index (χ0) is 22.5. The first kappa shape index (κ1) is 21.0. The maximum absolute atomic E-state index is 5.56. The van der Waals surface area contributed by atoms with Gasteiger partial charge in [-0.3, -0.25) is 0 Å². The van der Waals surface area contributed by atoms with Gasteiger partial charge in [-0.2, -0.15) is 0 Å². The highest BCUT2D eigenvalue weighted by Gasteiger charge is 2.37. The van der Waals surface area contributed by atoms with Gasteiger partial charge in [0.1, 0.15) is 11.3 Å². The summed E-state index contributed by atoms with van der Waals surface area (Å²) in [6.07, 6.45) is 0. The number of aromatic nitrogens is 1. The molecule has 1 heterocycles. The third kappa shape index (κ3) is 4.01. The van der Waals surface area contributed by atoms with Crippen molar-refractivity contribution >= 4 is 16.5 Å². The lowest BCUT2D eigenvalue weighted by molar-refractivity contribution is 0.416. The molecule has 1 N–H and O–H groups in total. The number of thiazole rings is 1. The van der Waals surface area contributed by atoms with Crippen LogP contribution in [-0.4, -0.2) is 12.1 Å². The van der Waals surface area contributed by atoms with Crippen molar-refractivity contribution < 1.29 is 4.74 Å². The molecule has 0 unspecified atom stereocenters. The molecule has 4 heteroatoms. The van der Waals surface area contributed by atoms with Crippen molar-refractivity contribution in [1.29, 1.82) is 0 Å². The standard InChI is InChI=1S/C29H24N2OS/c1-32-27-20-12-11-19-25(27)26-21-33-28(30-26)31-29(22-13-5-2-6-14-22,23-15-7-3-8-16-23)24-17-9-4-10-18-24/h2-21H,1H3,(H,30,31). The molecule has 5 rings (SSSR count).